The molecule has 138 valence electrons. The van der Waals surface area contributed by atoms with Crippen molar-refractivity contribution in [1.82, 2.24) is 0 Å². The summed E-state index contributed by atoms with van der Waals surface area (Å²) in [5.41, 5.74) is -0.644. The van der Waals surface area contributed by atoms with E-state index in [-0.39, 0.29) is 21.4 Å². The number of nitrogens with zero attached hydrogens (tertiary/aromatic N) is 2. The largest absolute Gasteiger partial charge is 0.300 e. The molecular weight excluding hydrogens is 374 g/mol. The van der Waals surface area contributed by atoms with Gasteiger partial charge in [0.1, 0.15) is 5.69 Å². The minimum Gasteiger partial charge on any atom is -0.272 e. The van der Waals surface area contributed by atoms with Gasteiger partial charge in [-0.3, -0.25) is 25.0 Å². The summed E-state index contributed by atoms with van der Waals surface area (Å²) in [7, 11) is -4.13. The van der Waals surface area contributed by atoms with Gasteiger partial charge in [-0.15, -0.1) is 0 Å². The van der Waals surface area contributed by atoms with Crippen LogP contribution < -0.4 is 4.72 Å². The lowest BCUT2D eigenvalue weighted by molar-refractivity contribution is -0.392. The van der Waals surface area contributed by atoms with E-state index in [9.17, 15) is 28.6 Å². The monoisotopic (exact) mass is 387 g/mol. The Labute approximate surface area is 153 Å². The van der Waals surface area contributed by atoms with Crippen LogP contribution >= 0.6 is 0 Å². The number of hydrogen-bond donors (Lipinski definition) is 1. The molecule has 0 bridgehead atoms. The lowest BCUT2D eigenvalue weighted by Gasteiger charge is -2.12. The summed E-state index contributed by atoms with van der Waals surface area (Å²) in [6.45, 7) is 1.79. The number of fused-ring (bicyclic) bond motifs is 1. The third-order valence-electron chi connectivity index (χ3n) is 3.96. The van der Waals surface area contributed by atoms with Crippen LogP contribution in [0.5, 0.6) is 0 Å². The first-order valence-corrected chi connectivity index (χ1v) is 9.13. The number of aryl methyl sites for hydroxylation is 1. The summed E-state index contributed by atoms with van der Waals surface area (Å²) in [6.07, 6.45) is 0. The fourth-order valence-electron chi connectivity index (χ4n) is 2.65. The highest BCUT2D eigenvalue weighted by Crippen LogP contribution is 2.40. The number of anilines is 1. The van der Waals surface area contributed by atoms with E-state index >= 15 is 0 Å². The minimum absolute atomic E-state index is 0.0640. The Morgan fingerprint density at radius 3 is 1.96 bits per heavy atom. The number of nitrogens with one attached hydrogen (secondary N) is 1. The van der Waals surface area contributed by atoms with E-state index in [0.717, 1.165) is 11.6 Å². The molecule has 0 saturated heterocycles. The van der Waals surface area contributed by atoms with Crippen molar-refractivity contribution in [2.45, 2.75) is 11.8 Å². The highest BCUT2D eigenvalue weighted by molar-refractivity contribution is 7.92. The number of nitro benzene ring substituents is 2. The zero-order valence-corrected chi connectivity index (χ0v) is 14.8. The summed E-state index contributed by atoms with van der Waals surface area (Å²) >= 11 is 0. The van der Waals surface area contributed by atoms with Gasteiger partial charge in [0.05, 0.1) is 26.2 Å². The molecule has 0 amide bonds. The molecule has 0 aliphatic heterocycles. The number of non-ortho nitro benzene ring substituents is 1. The maximum atomic E-state index is 12.7. The Bertz CT molecular complexity index is 1170. The molecule has 0 saturated carbocycles. The molecule has 0 fully saturated rings. The molecule has 9 nitrogen and oxygen atoms in total. The van der Waals surface area contributed by atoms with E-state index in [2.05, 4.69) is 4.72 Å². The van der Waals surface area contributed by atoms with E-state index in [0.29, 0.717) is 0 Å². The van der Waals surface area contributed by atoms with Crippen molar-refractivity contribution < 1.29 is 18.3 Å². The van der Waals surface area contributed by atoms with E-state index in [1.165, 1.54) is 36.4 Å². The summed E-state index contributed by atoms with van der Waals surface area (Å²) in [4.78, 5) is 21.1. The summed E-state index contributed by atoms with van der Waals surface area (Å²) in [5, 5.41) is 22.9. The van der Waals surface area contributed by atoms with Gasteiger partial charge in [0, 0.05) is 5.39 Å². The molecule has 0 radical (unpaired) electrons. The van der Waals surface area contributed by atoms with E-state index in [1.807, 2.05) is 0 Å². The normalized spacial score (nSPS) is 11.3. The van der Waals surface area contributed by atoms with Crippen LogP contribution in [0, 0.1) is 27.2 Å². The summed E-state index contributed by atoms with van der Waals surface area (Å²) in [6, 6.07) is 12.5. The lowest BCUT2D eigenvalue weighted by atomic mass is 10.1. The van der Waals surface area contributed by atoms with Crippen molar-refractivity contribution in [3.8, 4) is 0 Å². The third kappa shape index (κ3) is 3.42. The van der Waals surface area contributed by atoms with Crippen molar-refractivity contribution in [3.05, 3.63) is 80.4 Å². The van der Waals surface area contributed by atoms with Gasteiger partial charge in [-0.1, -0.05) is 35.9 Å². The Morgan fingerprint density at radius 1 is 0.852 bits per heavy atom. The first-order chi connectivity index (χ1) is 12.7. The Kier molecular flexibility index (Phi) is 4.50. The lowest BCUT2D eigenvalue weighted by Crippen LogP contribution is -2.14. The van der Waals surface area contributed by atoms with Crippen molar-refractivity contribution >= 4 is 37.9 Å². The predicted octanol–water partition coefficient (Wildman–Crippen LogP) is 3.77. The zero-order chi connectivity index (χ0) is 19.8. The van der Waals surface area contributed by atoms with Crippen molar-refractivity contribution in [2.24, 2.45) is 0 Å². The Hall–Kier alpha value is -3.53. The Morgan fingerprint density at radius 2 is 1.41 bits per heavy atom. The molecule has 3 rings (SSSR count). The Balaban J connectivity index is 2.26. The van der Waals surface area contributed by atoms with Gasteiger partial charge in [-0.25, -0.2) is 8.42 Å². The molecule has 27 heavy (non-hydrogen) atoms. The van der Waals surface area contributed by atoms with Gasteiger partial charge in [0.25, 0.3) is 15.7 Å². The highest BCUT2D eigenvalue weighted by atomic mass is 32.2. The molecule has 0 atom stereocenters. The molecule has 3 aromatic carbocycles. The second kappa shape index (κ2) is 6.65. The number of nitro groups is 2. The van der Waals surface area contributed by atoms with Crippen LogP contribution in [0.15, 0.2) is 59.5 Å². The average molecular weight is 387 g/mol. The summed E-state index contributed by atoms with van der Waals surface area (Å²) in [5.74, 6) is 0. The van der Waals surface area contributed by atoms with Crippen molar-refractivity contribution in [1.29, 1.82) is 0 Å². The maximum Gasteiger partial charge on any atom is 0.300 e. The van der Waals surface area contributed by atoms with E-state index in [4.69, 9.17) is 0 Å². The number of hydrogen-bond acceptors (Lipinski definition) is 6. The fraction of sp³-hybridized carbons (Fsp3) is 0.0588. The molecule has 0 aromatic heterocycles. The molecule has 3 aromatic rings. The van der Waals surface area contributed by atoms with Crippen molar-refractivity contribution in [2.75, 3.05) is 4.72 Å². The van der Waals surface area contributed by atoms with E-state index in [1.54, 1.807) is 19.1 Å². The fourth-order valence-corrected chi connectivity index (χ4v) is 3.75. The molecular formula is C17H13N3O6S. The van der Waals surface area contributed by atoms with Crippen LogP contribution in [0.25, 0.3) is 10.8 Å². The van der Waals surface area contributed by atoms with Crippen LogP contribution in [0.3, 0.4) is 0 Å². The summed E-state index contributed by atoms with van der Waals surface area (Å²) < 4.78 is 27.6. The highest BCUT2D eigenvalue weighted by Gasteiger charge is 2.28. The molecule has 1 N–H and O–H groups in total. The van der Waals surface area contributed by atoms with Gasteiger partial charge in [0.2, 0.25) is 0 Å². The molecule has 0 aliphatic carbocycles. The molecule has 10 heteroatoms. The first kappa shape index (κ1) is 18.3. The van der Waals surface area contributed by atoms with Gasteiger partial charge in [-0.05, 0) is 25.1 Å². The number of rotatable bonds is 5. The van der Waals surface area contributed by atoms with Gasteiger partial charge in [0.15, 0.2) is 0 Å². The maximum absolute atomic E-state index is 12.7. The van der Waals surface area contributed by atoms with Crippen LogP contribution in [0.2, 0.25) is 0 Å². The topological polar surface area (TPSA) is 132 Å². The standard InChI is InChI=1S/C17H13N3O6S/c1-11-6-8-12(9-7-11)27(25,26)18-17-14-5-3-2-4-13(14)15(19(21)22)10-16(17)20(23)24/h2-10,18H,1H3. The van der Waals surface area contributed by atoms with Crippen LogP contribution in [0.4, 0.5) is 17.1 Å². The van der Waals surface area contributed by atoms with Crippen LogP contribution in [-0.2, 0) is 10.0 Å². The number of sulfonamides is 1. The predicted molar refractivity (Wildman–Crippen MR) is 99.2 cm³/mol. The second-order valence-corrected chi connectivity index (χ2v) is 7.45. The third-order valence-corrected chi connectivity index (χ3v) is 5.33. The smallest absolute Gasteiger partial charge is 0.272 e. The molecule has 0 unspecified atom stereocenters. The quantitative estimate of drug-likeness (QED) is 0.523. The zero-order valence-electron chi connectivity index (χ0n) is 13.9. The SMILES string of the molecule is Cc1ccc(S(=O)(=O)Nc2c([N+](=O)[O-])cc([N+](=O)[O-])c3ccccc23)cc1. The van der Waals surface area contributed by atoms with E-state index < -0.39 is 31.2 Å². The van der Waals surface area contributed by atoms with Crippen molar-refractivity contribution in [3.63, 3.8) is 0 Å². The molecule has 0 aliphatic rings. The minimum atomic E-state index is -4.13. The second-order valence-electron chi connectivity index (χ2n) is 5.77. The van der Waals surface area contributed by atoms with Crippen LogP contribution in [0.1, 0.15) is 5.56 Å². The molecule has 0 spiro atoms. The van der Waals surface area contributed by atoms with Crippen LogP contribution in [-0.4, -0.2) is 18.3 Å². The average Bonchev–Trinajstić information content (AvgIpc) is 2.61. The van der Waals surface area contributed by atoms with Gasteiger partial charge < -0.3 is 0 Å². The molecule has 0 heterocycles. The first-order valence-electron chi connectivity index (χ1n) is 7.65. The van der Waals surface area contributed by atoms with Gasteiger partial charge in [-0.2, -0.15) is 0 Å². The van der Waals surface area contributed by atoms with Gasteiger partial charge >= 0.3 is 5.69 Å². The number of benzene rings is 3.